The second kappa shape index (κ2) is 4.97. The van der Waals surface area contributed by atoms with Crippen molar-refractivity contribution in [3.63, 3.8) is 0 Å². The molecule has 11 heavy (non-hydrogen) atoms. The van der Waals surface area contributed by atoms with E-state index < -0.39 is 0 Å². The first-order valence-electron chi connectivity index (χ1n) is 4.21. The fourth-order valence-corrected chi connectivity index (χ4v) is 1.43. The van der Waals surface area contributed by atoms with E-state index >= 15 is 0 Å². The molecule has 0 aromatic rings. The van der Waals surface area contributed by atoms with E-state index in [4.69, 9.17) is 0 Å². The fraction of sp³-hybridized carbons (Fsp3) is 0.875. The number of unbranched alkanes of at least 4 members (excludes halogenated alkanes) is 1. The Kier molecular flexibility index (Phi) is 3.77. The zero-order valence-corrected chi connectivity index (χ0v) is 6.75. The minimum absolute atomic E-state index is 0.708. The highest BCUT2D eigenvalue weighted by atomic mass is 16.4. The van der Waals surface area contributed by atoms with E-state index in [1.807, 2.05) is 0 Å². The molecule has 0 aromatic heterocycles. The minimum Gasteiger partial charge on any atom is -0.498 e. The van der Waals surface area contributed by atoms with Crippen LogP contribution in [0.25, 0.3) is 5.01 Å². The maximum atomic E-state index is 9.63. The highest BCUT2D eigenvalue weighted by Crippen LogP contribution is 2.07. The van der Waals surface area contributed by atoms with Gasteiger partial charge in [0.25, 0.3) is 6.07 Å². The lowest BCUT2D eigenvalue weighted by Crippen LogP contribution is -2.19. The van der Waals surface area contributed by atoms with Crippen molar-refractivity contribution in [3.05, 3.63) is 10.2 Å². The van der Waals surface area contributed by atoms with E-state index in [1.165, 1.54) is 25.9 Å². The molecule has 3 heteroatoms. The van der Waals surface area contributed by atoms with Crippen molar-refractivity contribution < 1.29 is 0 Å². The molecule has 62 valence electrons. The second-order valence-electron chi connectivity index (χ2n) is 2.90. The van der Waals surface area contributed by atoms with Crippen LogP contribution in [0, 0.1) is 11.3 Å². The fourth-order valence-electron chi connectivity index (χ4n) is 1.43. The Morgan fingerprint density at radius 1 is 1.36 bits per heavy atom. The Morgan fingerprint density at radius 3 is 2.73 bits per heavy atom. The summed E-state index contributed by atoms with van der Waals surface area (Å²) in [6.07, 6.45) is 4.39. The molecule has 1 saturated heterocycles. The number of hydrogen-bond donors (Lipinski definition) is 0. The molecule has 0 aromatic carbocycles. The van der Waals surface area contributed by atoms with Crippen LogP contribution in [0.2, 0.25) is 0 Å². The molecule has 0 aliphatic carbocycles. The van der Waals surface area contributed by atoms with Crippen molar-refractivity contribution in [1.82, 2.24) is 4.90 Å². The standard InChI is InChI=1S/C8H14N2O/c11-9-5-1-2-6-10-7-3-4-8-10/h1-4,6-8H2. The van der Waals surface area contributed by atoms with Gasteiger partial charge in [0.2, 0.25) is 0 Å². The first-order chi connectivity index (χ1) is 5.43. The first kappa shape index (κ1) is 8.35. The molecule has 1 aliphatic heterocycles. The molecule has 1 fully saturated rings. The van der Waals surface area contributed by atoms with E-state index in [0.717, 1.165) is 13.0 Å². The topological polar surface area (TPSA) is 30.7 Å². The molecular weight excluding hydrogens is 140 g/mol. The van der Waals surface area contributed by atoms with E-state index in [-0.39, 0.29) is 0 Å². The van der Waals surface area contributed by atoms with E-state index in [0.29, 0.717) is 6.42 Å². The summed E-state index contributed by atoms with van der Waals surface area (Å²) in [5, 5.41) is 12.2. The van der Waals surface area contributed by atoms with Crippen molar-refractivity contribution >= 4 is 0 Å². The van der Waals surface area contributed by atoms with Crippen LogP contribution in [0.3, 0.4) is 0 Å². The highest BCUT2D eigenvalue weighted by molar-refractivity contribution is 4.86. The average Bonchev–Trinajstić information content (AvgIpc) is 2.50. The summed E-state index contributed by atoms with van der Waals surface area (Å²) < 4.78 is 0. The summed E-state index contributed by atoms with van der Waals surface area (Å²) in [5.74, 6) is 0. The van der Waals surface area contributed by atoms with Crippen LogP contribution in [0.5, 0.6) is 0 Å². The van der Waals surface area contributed by atoms with Gasteiger partial charge in [0.1, 0.15) is 0 Å². The lowest BCUT2D eigenvalue weighted by Gasteiger charge is -2.11. The predicted octanol–water partition coefficient (Wildman–Crippen LogP) is 1.69. The summed E-state index contributed by atoms with van der Waals surface area (Å²) in [6, 6.07) is 2.41. The number of likely N-dealkylation sites (tertiary alicyclic amines) is 1. The molecule has 1 aliphatic rings. The Bertz CT molecular complexity index is 153. The van der Waals surface area contributed by atoms with Crippen molar-refractivity contribution in [1.29, 1.82) is 0 Å². The molecule has 0 spiro atoms. The zero-order chi connectivity index (χ0) is 7.94. The molecule has 0 atom stereocenters. The van der Waals surface area contributed by atoms with Crippen molar-refractivity contribution in [2.75, 3.05) is 19.6 Å². The van der Waals surface area contributed by atoms with Gasteiger partial charge >= 0.3 is 0 Å². The second-order valence-corrected chi connectivity index (χ2v) is 2.90. The number of rotatable bonds is 3. The Hall–Kier alpha value is -0.750. The zero-order valence-electron chi connectivity index (χ0n) is 6.75. The van der Waals surface area contributed by atoms with Gasteiger partial charge in [-0.3, -0.25) is 0 Å². The van der Waals surface area contributed by atoms with Crippen LogP contribution in [-0.4, -0.2) is 24.5 Å². The SMILES string of the molecule is [O-][N+]#CCCCN1CCCC1. The van der Waals surface area contributed by atoms with Crippen molar-refractivity contribution in [2.45, 2.75) is 25.7 Å². The lowest BCUT2D eigenvalue weighted by molar-refractivity contribution is 0.335. The van der Waals surface area contributed by atoms with Crippen molar-refractivity contribution in [3.8, 4) is 6.07 Å². The van der Waals surface area contributed by atoms with Crippen molar-refractivity contribution in [2.24, 2.45) is 0 Å². The van der Waals surface area contributed by atoms with E-state index in [1.54, 1.807) is 0 Å². The van der Waals surface area contributed by atoms with Gasteiger partial charge in [-0.1, -0.05) is 0 Å². The van der Waals surface area contributed by atoms with Gasteiger partial charge in [-0.05, 0) is 38.9 Å². The first-order valence-corrected chi connectivity index (χ1v) is 4.21. The van der Waals surface area contributed by atoms with Gasteiger partial charge in [-0.15, -0.1) is 0 Å². The molecule has 1 heterocycles. The van der Waals surface area contributed by atoms with Gasteiger partial charge in [-0.2, -0.15) is 0 Å². The largest absolute Gasteiger partial charge is 0.498 e. The van der Waals surface area contributed by atoms with Crippen LogP contribution in [0.15, 0.2) is 0 Å². The molecule has 0 amide bonds. The maximum Gasteiger partial charge on any atom is 0.298 e. The smallest absolute Gasteiger partial charge is 0.298 e. The number of nitrogens with zero attached hydrogens (tertiary/aromatic N) is 2. The van der Waals surface area contributed by atoms with Crippen LogP contribution < -0.4 is 0 Å². The Labute approximate surface area is 67.4 Å². The van der Waals surface area contributed by atoms with Crippen LogP contribution in [-0.2, 0) is 0 Å². The van der Waals surface area contributed by atoms with Gasteiger partial charge in [0.15, 0.2) is 0 Å². The maximum absolute atomic E-state index is 9.63. The lowest BCUT2D eigenvalue weighted by atomic mass is 10.3. The highest BCUT2D eigenvalue weighted by Gasteiger charge is 2.09. The van der Waals surface area contributed by atoms with Gasteiger partial charge in [0, 0.05) is 5.01 Å². The molecule has 0 bridgehead atoms. The van der Waals surface area contributed by atoms with Crippen LogP contribution in [0.1, 0.15) is 25.7 Å². The van der Waals surface area contributed by atoms with Gasteiger partial charge in [-0.25, -0.2) is 0 Å². The molecule has 0 N–H and O–H groups in total. The Balaban J connectivity index is 1.96. The Morgan fingerprint density at radius 2 is 2.09 bits per heavy atom. The summed E-state index contributed by atoms with van der Waals surface area (Å²) in [6.45, 7) is 3.56. The summed E-state index contributed by atoms with van der Waals surface area (Å²) in [7, 11) is 0. The molecular formula is C8H14N2O. The average molecular weight is 154 g/mol. The molecule has 0 unspecified atom stereocenters. The molecule has 1 rings (SSSR count). The quantitative estimate of drug-likeness (QED) is 0.457. The third kappa shape index (κ3) is 3.24. The predicted molar refractivity (Wildman–Crippen MR) is 45.5 cm³/mol. The summed E-state index contributed by atoms with van der Waals surface area (Å²) in [4.78, 5) is 2.42. The minimum atomic E-state index is 0.708. The molecule has 0 saturated carbocycles. The van der Waals surface area contributed by atoms with E-state index in [9.17, 15) is 5.21 Å². The monoisotopic (exact) mass is 154 g/mol. The van der Waals surface area contributed by atoms with E-state index in [2.05, 4.69) is 16.0 Å². The van der Waals surface area contributed by atoms with Crippen LogP contribution >= 0.6 is 0 Å². The third-order valence-electron chi connectivity index (χ3n) is 2.03. The summed E-state index contributed by atoms with van der Waals surface area (Å²) in [5.41, 5.74) is 0. The molecule has 0 radical (unpaired) electrons. The third-order valence-corrected chi connectivity index (χ3v) is 2.03. The normalized spacial score (nSPS) is 17.8. The molecule has 3 nitrogen and oxygen atoms in total. The van der Waals surface area contributed by atoms with Gasteiger partial charge in [0.05, 0.1) is 6.42 Å². The van der Waals surface area contributed by atoms with Crippen LogP contribution in [0.4, 0.5) is 0 Å². The summed E-state index contributed by atoms with van der Waals surface area (Å²) >= 11 is 0. The number of hydrogen-bond acceptors (Lipinski definition) is 2. The van der Waals surface area contributed by atoms with Gasteiger partial charge < -0.3 is 10.1 Å².